The zero-order chi connectivity index (χ0) is 30.3. The molecular weight excluding hydrogens is 551 g/mol. The number of phosphoric ester groups is 1. The second kappa shape index (κ2) is 14.7. The summed E-state index contributed by atoms with van der Waals surface area (Å²) in [6.07, 6.45) is 8.37. The molecule has 2 unspecified atom stereocenters. The van der Waals surface area contributed by atoms with Crippen LogP contribution in [-0.2, 0) is 31.4 Å². The molecule has 0 radical (unpaired) electrons. The van der Waals surface area contributed by atoms with Gasteiger partial charge in [0.05, 0.1) is 6.61 Å². The SMILES string of the molecule is C=C(C)[C@@H]1CCC(C)=C[C@H]1c1c(O)cc(CCC)cc1OC(=O)C(OP(=O)(O)OCc1ccccc1)C1CCCCC1. The van der Waals surface area contributed by atoms with Gasteiger partial charge < -0.3 is 14.7 Å². The van der Waals surface area contributed by atoms with Crippen LogP contribution in [0.25, 0.3) is 0 Å². The number of carbonyl (C=O) groups is 1. The third kappa shape index (κ3) is 8.44. The van der Waals surface area contributed by atoms with Gasteiger partial charge in [0.1, 0.15) is 11.5 Å². The predicted octanol–water partition coefficient (Wildman–Crippen LogP) is 8.55. The molecule has 0 spiro atoms. The Bertz CT molecular complexity index is 1310. The largest absolute Gasteiger partial charge is 0.507 e. The average molecular weight is 597 g/mol. The molecule has 2 aromatic rings. The van der Waals surface area contributed by atoms with Crippen molar-refractivity contribution >= 4 is 13.8 Å². The lowest BCUT2D eigenvalue weighted by Gasteiger charge is -2.33. The van der Waals surface area contributed by atoms with Crippen molar-refractivity contribution in [1.29, 1.82) is 0 Å². The van der Waals surface area contributed by atoms with E-state index in [1.165, 1.54) is 5.57 Å². The highest BCUT2D eigenvalue weighted by molar-refractivity contribution is 7.47. The number of hydrogen-bond acceptors (Lipinski definition) is 6. The maximum Gasteiger partial charge on any atom is 0.473 e. The van der Waals surface area contributed by atoms with Crippen LogP contribution in [0.5, 0.6) is 11.5 Å². The number of hydrogen-bond donors (Lipinski definition) is 2. The molecular formula is C34H45O7P. The van der Waals surface area contributed by atoms with Crippen molar-refractivity contribution in [3.63, 3.8) is 0 Å². The van der Waals surface area contributed by atoms with Crippen LogP contribution >= 0.6 is 7.82 Å². The Labute approximate surface area is 250 Å². The Morgan fingerprint density at radius 2 is 1.81 bits per heavy atom. The van der Waals surface area contributed by atoms with E-state index in [1.54, 1.807) is 18.2 Å². The van der Waals surface area contributed by atoms with Gasteiger partial charge in [-0.15, -0.1) is 0 Å². The molecule has 0 saturated heterocycles. The van der Waals surface area contributed by atoms with Crippen LogP contribution in [-0.4, -0.2) is 22.1 Å². The zero-order valence-electron chi connectivity index (χ0n) is 25.1. The Balaban J connectivity index is 1.66. The summed E-state index contributed by atoms with van der Waals surface area (Å²) in [6, 6.07) is 12.6. The van der Waals surface area contributed by atoms with Crippen LogP contribution in [0, 0.1) is 11.8 Å². The number of benzene rings is 2. The summed E-state index contributed by atoms with van der Waals surface area (Å²) in [6.45, 7) is 10.2. The second-order valence-corrected chi connectivity index (χ2v) is 13.3. The summed E-state index contributed by atoms with van der Waals surface area (Å²) in [7, 11) is -4.61. The highest BCUT2D eigenvalue weighted by Crippen LogP contribution is 2.50. The van der Waals surface area contributed by atoms with E-state index in [1.807, 2.05) is 38.1 Å². The van der Waals surface area contributed by atoms with E-state index in [2.05, 4.69) is 19.6 Å². The number of phenols is 1. The van der Waals surface area contributed by atoms with Gasteiger partial charge in [-0.2, -0.15) is 0 Å². The number of aryl methyl sites for hydroxylation is 1. The molecule has 0 aromatic heterocycles. The molecule has 4 atom stereocenters. The normalized spacial score (nSPS) is 21.7. The highest BCUT2D eigenvalue weighted by Gasteiger charge is 2.40. The third-order valence-corrected chi connectivity index (χ3v) is 9.39. The van der Waals surface area contributed by atoms with E-state index >= 15 is 0 Å². The highest BCUT2D eigenvalue weighted by atomic mass is 31.2. The summed E-state index contributed by atoms with van der Waals surface area (Å²) < 4.78 is 30.1. The van der Waals surface area contributed by atoms with Crippen LogP contribution in [0.15, 0.2) is 66.3 Å². The summed E-state index contributed by atoms with van der Waals surface area (Å²) in [5.41, 5.74) is 4.29. The van der Waals surface area contributed by atoms with Crippen LogP contribution in [0.3, 0.4) is 0 Å². The Morgan fingerprint density at radius 3 is 2.48 bits per heavy atom. The monoisotopic (exact) mass is 596 g/mol. The number of allylic oxidation sites excluding steroid dienone is 3. The molecule has 1 saturated carbocycles. The van der Waals surface area contributed by atoms with Gasteiger partial charge in [0.15, 0.2) is 6.10 Å². The average Bonchev–Trinajstić information content (AvgIpc) is 2.96. The minimum atomic E-state index is -4.61. The Morgan fingerprint density at radius 1 is 1.10 bits per heavy atom. The third-order valence-electron chi connectivity index (χ3n) is 8.44. The van der Waals surface area contributed by atoms with Crippen molar-refractivity contribution in [3.05, 3.63) is 83.0 Å². The summed E-state index contributed by atoms with van der Waals surface area (Å²) in [5.74, 6) is -0.862. The first-order valence-corrected chi connectivity index (χ1v) is 16.7. The molecule has 2 aromatic carbocycles. The molecule has 0 bridgehead atoms. The fourth-order valence-corrected chi connectivity index (χ4v) is 7.17. The Kier molecular flexibility index (Phi) is 11.2. The van der Waals surface area contributed by atoms with Crippen LogP contribution in [0.2, 0.25) is 0 Å². The molecule has 8 heteroatoms. The topological polar surface area (TPSA) is 102 Å². The fraction of sp³-hybridized carbons (Fsp3) is 0.500. The summed E-state index contributed by atoms with van der Waals surface area (Å²) in [4.78, 5) is 24.6. The number of carbonyl (C=O) groups excluding carboxylic acids is 1. The summed E-state index contributed by atoms with van der Waals surface area (Å²) >= 11 is 0. The second-order valence-electron chi connectivity index (χ2n) is 11.9. The van der Waals surface area contributed by atoms with Crippen molar-refractivity contribution < 1.29 is 33.1 Å². The molecule has 228 valence electrons. The van der Waals surface area contributed by atoms with Crippen LogP contribution < -0.4 is 4.74 Å². The number of phenolic OH excluding ortho intramolecular Hbond substituents is 1. The molecule has 2 aliphatic carbocycles. The maximum absolute atomic E-state index is 13.9. The first-order chi connectivity index (χ1) is 20.1. The standard InChI is InChI=1S/C34H45O7P/c1-5-12-26-20-30(35)32(29-19-24(4)17-18-28(29)23(2)3)31(21-26)40-34(36)33(27-15-10-7-11-16-27)41-42(37,38)39-22-25-13-8-6-9-14-25/h6,8-9,13-14,19-21,27-29,33,35H,2,5,7,10-12,15-18,22H2,1,3-4H3,(H,37,38)/t28-,29+,33?/m0/s1. The zero-order valence-corrected chi connectivity index (χ0v) is 26.0. The van der Waals surface area contributed by atoms with E-state index < -0.39 is 19.9 Å². The maximum atomic E-state index is 13.9. The van der Waals surface area contributed by atoms with Crippen molar-refractivity contribution in [2.24, 2.45) is 11.8 Å². The van der Waals surface area contributed by atoms with Gasteiger partial charge >= 0.3 is 13.8 Å². The number of ether oxygens (including phenoxy) is 1. The lowest BCUT2D eigenvalue weighted by molar-refractivity contribution is -0.147. The minimum absolute atomic E-state index is 0.0695. The minimum Gasteiger partial charge on any atom is -0.507 e. The van der Waals surface area contributed by atoms with E-state index in [0.717, 1.165) is 49.7 Å². The van der Waals surface area contributed by atoms with Crippen LogP contribution in [0.1, 0.15) is 94.7 Å². The lowest BCUT2D eigenvalue weighted by Crippen LogP contribution is -2.36. The van der Waals surface area contributed by atoms with Crippen molar-refractivity contribution in [1.82, 2.24) is 0 Å². The lowest BCUT2D eigenvalue weighted by atomic mass is 9.73. The molecule has 1 fully saturated rings. The fourth-order valence-electron chi connectivity index (χ4n) is 6.26. The Hall–Kier alpha value is -2.70. The molecule has 42 heavy (non-hydrogen) atoms. The van der Waals surface area contributed by atoms with E-state index in [4.69, 9.17) is 13.8 Å². The van der Waals surface area contributed by atoms with Gasteiger partial charge in [-0.3, -0.25) is 9.05 Å². The molecule has 2 aliphatic rings. The van der Waals surface area contributed by atoms with Crippen molar-refractivity contribution in [2.45, 2.75) is 97.2 Å². The van der Waals surface area contributed by atoms with Gasteiger partial charge in [-0.05, 0) is 81.0 Å². The molecule has 0 amide bonds. The number of rotatable bonds is 12. The van der Waals surface area contributed by atoms with Gasteiger partial charge in [-0.1, -0.05) is 86.7 Å². The number of esters is 1. The first-order valence-electron chi connectivity index (χ1n) is 15.2. The molecule has 0 aliphatic heterocycles. The predicted molar refractivity (Wildman–Crippen MR) is 164 cm³/mol. The van der Waals surface area contributed by atoms with E-state index in [0.29, 0.717) is 30.4 Å². The molecule has 7 nitrogen and oxygen atoms in total. The quantitative estimate of drug-likeness (QED) is 0.110. The van der Waals surface area contributed by atoms with Gasteiger partial charge in [-0.25, -0.2) is 9.36 Å². The number of aromatic hydroxyl groups is 1. The van der Waals surface area contributed by atoms with Gasteiger partial charge in [0.25, 0.3) is 0 Å². The van der Waals surface area contributed by atoms with E-state index in [-0.39, 0.29) is 35.9 Å². The smallest absolute Gasteiger partial charge is 0.473 e. The van der Waals surface area contributed by atoms with Gasteiger partial charge in [0.2, 0.25) is 0 Å². The van der Waals surface area contributed by atoms with Crippen molar-refractivity contribution in [3.8, 4) is 11.5 Å². The van der Waals surface area contributed by atoms with Crippen LogP contribution in [0.4, 0.5) is 0 Å². The first kappa shape index (κ1) is 32.2. The number of phosphoric acid groups is 1. The van der Waals surface area contributed by atoms with Crippen molar-refractivity contribution in [2.75, 3.05) is 0 Å². The molecule has 0 heterocycles. The molecule has 4 rings (SSSR count). The molecule has 2 N–H and O–H groups in total. The summed E-state index contributed by atoms with van der Waals surface area (Å²) in [5, 5.41) is 11.3. The van der Waals surface area contributed by atoms with Gasteiger partial charge in [0, 0.05) is 11.5 Å². The van der Waals surface area contributed by atoms with E-state index in [9.17, 15) is 19.4 Å².